The van der Waals surface area contributed by atoms with Crippen molar-refractivity contribution in [3.05, 3.63) is 23.3 Å². The van der Waals surface area contributed by atoms with E-state index in [1.54, 1.807) is 0 Å². The van der Waals surface area contributed by atoms with Gasteiger partial charge in [-0.2, -0.15) is 0 Å². The van der Waals surface area contributed by atoms with E-state index in [0.717, 1.165) is 37.7 Å². The van der Waals surface area contributed by atoms with Gasteiger partial charge in [0, 0.05) is 6.08 Å². The minimum absolute atomic E-state index is 0.0921. The van der Waals surface area contributed by atoms with Crippen molar-refractivity contribution in [1.82, 2.24) is 0 Å². The quantitative estimate of drug-likeness (QED) is 0.287. The molecule has 0 aromatic rings. The first-order valence-corrected chi connectivity index (χ1v) is 8.62. The van der Waals surface area contributed by atoms with Gasteiger partial charge in [-0.15, -0.1) is 0 Å². The standard InChI is InChI=1S/C19H30O5/c1-13(9-14(2)10-15(3)11-18(21)23-4)7-5-6-8-17-16(12-20)19(22)24-17/h10-11,13,16-17,20H,5-9,12H2,1-4H3/b14-10+,15-11+/t13?,16-,17-/m1/s1. The third kappa shape index (κ3) is 6.87. The highest BCUT2D eigenvalue weighted by Crippen LogP contribution is 2.27. The molecule has 1 aliphatic heterocycles. The molecule has 0 aliphatic carbocycles. The van der Waals surface area contributed by atoms with E-state index in [1.165, 1.54) is 18.8 Å². The molecule has 1 rings (SSSR count). The largest absolute Gasteiger partial charge is 0.466 e. The van der Waals surface area contributed by atoms with Gasteiger partial charge in [0.2, 0.25) is 0 Å². The van der Waals surface area contributed by atoms with Crippen LogP contribution in [0.25, 0.3) is 0 Å². The van der Waals surface area contributed by atoms with Gasteiger partial charge in [0.05, 0.1) is 13.7 Å². The lowest BCUT2D eigenvalue weighted by Crippen LogP contribution is -2.47. The van der Waals surface area contributed by atoms with Crippen molar-refractivity contribution >= 4 is 11.9 Å². The first kappa shape index (κ1) is 20.4. The molecule has 0 aromatic heterocycles. The number of allylic oxidation sites excluding steroid dienone is 3. The second kappa shape index (κ2) is 10.3. The van der Waals surface area contributed by atoms with Gasteiger partial charge in [-0.1, -0.05) is 31.4 Å². The highest BCUT2D eigenvalue weighted by Gasteiger charge is 2.41. The Morgan fingerprint density at radius 3 is 2.62 bits per heavy atom. The van der Waals surface area contributed by atoms with Gasteiger partial charge in [0.25, 0.3) is 0 Å². The van der Waals surface area contributed by atoms with E-state index in [0.29, 0.717) is 5.92 Å². The number of hydrogen-bond donors (Lipinski definition) is 1. The summed E-state index contributed by atoms with van der Waals surface area (Å²) in [4.78, 5) is 22.3. The Morgan fingerprint density at radius 1 is 1.33 bits per heavy atom. The Kier molecular flexibility index (Phi) is 8.76. The summed E-state index contributed by atoms with van der Waals surface area (Å²) in [5, 5.41) is 9.07. The van der Waals surface area contributed by atoms with Crippen LogP contribution >= 0.6 is 0 Å². The molecule has 1 saturated heterocycles. The van der Waals surface area contributed by atoms with Crippen LogP contribution in [0.15, 0.2) is 23.3 Å². The summed E-state index contributed by atoms with van der Waals surface area (Å²) in [7, 11) is 1.37. The highest BCUT2D eigenvalue weighted by molar-refractivity contribution is 5.83. The molecule has 0 spiro atoms. The summed E-state index contributed by atoms with van der Waals surface area (Å²) >= 11 is 0. The monoisotopic (exact) mass is 338 g/mol. The molecule has 1 N–H and O–H groups in total. The van der Waals surface area contributed by atoms with Gasteiger partial charge in [-0.05, 0) is 44.6 Å². The van der Waals surface area contributed by atoms with Crippen molar-refractivity contribution in [2.45, 2.75) is 59.0 Å². The molecule has 5 nitrogen and oxygen atoms in total. The fourth-order valence-electron chi connectivity index (χ4n) is 3.07. The van der Waals surface area contributed by atoms with Crippen LogP contribution in [0.3, 0.4) is 0 Å². The molecule has 0 saturated carbocycles. The van der Waals surface area contributed by atoms with Crippen LogP contribution in [0.4, 0.5) is 0 Å². The second-order valence-electron chi connectivity index (χ2n) is 6.76. The van der Waals surface area contributed by atoms with Crippen LogP contribution in [0.2, 0.25) is 0 Å². The molecular formula is C19H30O5. The molecule has 0 radical (unpaired) electrons. The van der Waals surface area contributed by atoms with Crippen LogP contribution < -0.4 is 0 Å². The molecule has 1 aliphatic rings. The zero-order valence-electron chi connectivity index (χ0n) is 15.2. The average molecular weight is 338 g/mol. The Hall–Kier alpha value is -1.62. The normalized spacial score (nSPS) is 22.6. The minimum Gasteiger partial charge on any atom is -0.466 e. The lowest BCUT2D eigenvalue weighted by Gasteiger charge is -2.33. The number of aliphatic hydroxyl groups is 1. The number of rotatable bonds is 10. The van der Waals surface area contributed by atoms with Gasteiger partial charge in [-0.3, -0.25) is 4.79 Å². The maximum Gasteiger partial charge on any atom is 0.330 e. The van der Waals surface area contributed by atoms with Gasteiger partial charge in [0.1, 0.15) is 12.0 Å². The zero-order chi connectivity index (χ0) is 18.1. The molecule has 1 fully saturated rings. The van der Waals surface area contributed by atoms with Gasteiger partial charge < -0.3 is 14.6 Å². The van der Waals surface area contributed by atoms with E-state index in [2.05, 4.69) is 18.6 Å². The summed E-state index contributed by atoms with van der Waals surface area (Å²) in [5.74, 6) is -0.351. The van der Waals surface area contributed by atoms with Gasteiger partial charge >= 0.3 is 11.9 Å². The number of hydrogen-bond acceptors (Lipinski definition) is 5. The Balaban J connectivity index is 2.23. The van der Waals surface area contributed by atoms with E-state index in [4.69, 9.17) is 9.84 Å². The van der Waals surface area contributed by atoms with E-state index < -0.39 is 0 Å². The highest BCUT2D eigenvalue weighted by atomic mass is 16.6. The summed E-state index contributed by atoms with van der Waals surface area (Å²) in [5.41, 5.74) is 2.14. The molecule has 1 unspecified atom stereocenters. The van der Waals surface area contributed by atoms with E-state index in [9.17, 15) is 9.59 Å². The first-order chi connectivity index (χ1) is 11.4. The summed E-state index contributed by atoms with van der Waals surface area (Å²) < 4.78 is 9.66. The molecule has 1 heterocycles. The van der Waals surface area contributed by atoms with Crippen molar-refractivity contribution in [1.29, 1.82) is 0 Å². The smallest absolute Gasteiger partial charge is 0.330 e. The fraction of sp³-hybridized carbons (Fsp3) is 0.684. The summed E-state index contributed by atoms with van der Waals surface area (Å²) in [6, 6.07) is 0. The number of ether oxygens (including phenoxy) is 2. The maximum atomic E-state index is 11.2. The Morgan fingerprint density at radius 2 is 2.04 bits per heavy atom. The Bertz CT molecular complexity index is 492. The third-order valence-electron chi connectivity index (χ3n) is 4.34. The van der Waals surface area contributed by atoms with Crippen molar-refractivity contribution in [3.8, 4) is 0 Å². The molecule has 0 aromatic carbocycles. The number of cyclic esters (lactones) is 1. The topological polar surface area (TPSA) is 72.8 Å². The summed E-state index contributed by atoms with van der Waals surface area (Å²) in [6.07, 6.45) is 8.43. The predicted molar refractivity (Wildman–Crippen MR) is 92.2 cm³/mol. The molecule has 0 bridgehead atoms. The van der Waals surface area contributed by atoms with Gasteiger partial charge in [0.15, 0.2) is 0 Å². The van der Waals surface area contributed by atoms with Crippen molar-refractivity contribution in [3.63, 3.8) is 0 Å². The fourth-order valence-corrected chi connectivity index (χ4v) is 3.07. The maximum absolute atomic E-state index is 11.2. The molecular weight excluding hydrogens is 308 g/mol. The molecule has 3 atom stereocenters. The molecule has 0 amide bonds. The van der Waals surface area contributed by atoms with Crippen LogP contribution in [0.1, 0.15) is 52.9 Å². The van der Waals surface area contributed by atoms with E-state index in [-0.39, 0.29) is 30.6 Å². The SMILES string of the molecule is COC(=O)/C=C(C)/C=C(\C)CC(C)CCCC[C@H]1OC(=O)[C@@H]1CO. The number of aliphatic hydroxyl groups excluding tert-OH is 1. The Labute approximate surface area is 144 Å². The first-order valence-electron chi connectivity index (χ1n) is 8.62. The number of carbonyl (C=O) groups is 2. The number of esters is 2. The van der Waals surface area contributed by atoms with Crippen LogP contribution in [-0.4, -0.2) is 36.9 Å². The minimum atomic E-state index is -0.331. The summed E-state index contributed by atoms with van der Waals surface area (Å²) in [6.45, 7) is 6.08. The van der Waals surface area contributed by atoms with Crippen molar-refractivity contribution in [2.75, 3.05) is 13.7 Å². The zero-order valence-corrected chi connectivity index (χ0v) is 15.2. The lowest BCUT2D eigenvalue weighted by molar-refractivity contribution is -0.189. The average Bonchev–Trinajstić information content (AvgIpc) is 2.49. The second-order valence-corrected chi connectivity index (χ2v) is 6.76. The molecule has 136 valence electrons. The van der Waals surface area contributed by atoms with Crippen LogP contribution in [-0.2, 0) is 19.1 Å². The molecule has 5 heteroatoms. The molecule has 24 heavy (non-hydrogen) atoms. The lowest BCUT2D eigenvalue weighted by atomic mass is 9.91. The van der Waals surface area contributed by atoms with Crippen LogP contribution in [0, 0.1) is 11.8 Å². The van der Waals surface area contributed by atoms with Crippen molar-refractivity contribution < 1.29 is 24.2 Å². The third-order valence-corrected chi connectivity index (χ3v) is 4.34. The number of carbonyl (C=O) groups excluding carboxylic acids is 2. The number of unbranched alkanes of at least 4 members (excludes halogenated alkanes) is 1. The van der Waals surface area contributed by atoms with E-state index in [1.807, 2.05) is 13.0 Å². The van der Waals surface area contributed by atoms with Crippen LogP contribution in [0.5, 0.6) is 0 Å². The van der Waals surface area contributed by atoms with Gasteiger partial charge in [-0.25, -0.2) is 4.79 Å². The number of methoxy groups -OCH3 is 1. The predicted octanol–water partition coefficient (Wildman–Crippen LogP) is 3.17. The van der Waals surface area contributed by atoms with E-state index >= 15 is 0 Å². The van der Waals surface area contributed by atoms with Crippen molar-refractivity contribution in [2.24, 2.45) is 11.8 Å².